The van der Waals surface area contributed by atoms with Gasteiger partial charge in [-0.3, -0.25) is 0 Å². The fourth-order valence-corrected chi connectivity index (χ4v) is 1.94. The molecule has 0 saturated heterocycles. The fraction of sp³-hybridized carbons (Fsp3) is 0.300. The molecule has 0 aliphatic carbocycles. The second-order valence-electron chi connectivity index (χ2n) is 3.23. The average molecular weight is 372 g/mol. The average Bonchev–Trinajstić information content (AvgIpc) is 2.89. The van der Waals surface area contributed by atoms with Crippen molar-refractivity contribution in [1.29, 1.82) is 0 Å². The summed E-state index contributed by atoms with van der Waals surface area (Å²) in [4.78, 5) is 29.4. The van der Waals surface area contributed by atoms with Gasteiger partial charge < -0.3 is 4.74 Å². The van der Waals surface area contributed by atoms with E-state index in [1.807, 2.05) is 0 Å². The topological polar surface area (TPSA) is 119 Å². The summed E-state index contributed by atoms with van der Waals surface area (Å²) in [6.45, 7) is 1.74. The maximum atomic E-state index is 12.1. The maximum absolute atomic E-state index is 12.1. The molecular formula is C10H7F3N2O6S2. The minimum absolute atomic E-state index is 0.0285. The first kappa shape index (κ1) is 20.7. The molecule has 0 unspecified atom stereocenters. The van der Waals surface area contributed by atoms with Crippen molar-refractivity contribution in [3.05, 3.63) is 21.9 Å². The van der Waals surface area contributed by atoms with Crippen molar-refractivity contribution in [1.82, 2.24) is 0 Å². The van der Waals surface area contributed by atoms with Gasteiger partial charge in [-0.1, -0.05) is 8.80 Å². The summed E-state index contributed by atoms with van der Waals surface area (Å²) in [5.41, 5.74) is -0.814. The summed E-state index contributed by atoms with van der Waals surface area (Å²) < 4.78 is 65.2. The number of rotatable bonds is 4. The van der Waals surface area contributed by atoms with E-state index in [2.05, 4.69) is 13.5 Å². The molecule has 0 radical (unpaired) electrons. The molecule has 0 aliphatic heterocycles. The summed E-state index contributed by atoms with van der Waals surface area (Å²) in [6.07, 6.45) is -2.99. The van der Waals surface area contributed by atoms with E-state index >= 15 is 0 Å². The van der Waals surface area contributed by atoms with Gasteiger partial charge in [0.05, 0.1) is 12.2 Å². The summed E-state index contributed by atoms with van der Waals surface area (Å²) in [5.74, 6) is -0.715. The Kier molecular flexibility index (Phi) is 8.05. The van der Waals surface area contributed by atoms with Gasteiger partial charge in [-0.15, -0.1) is 11.3 Å². The Morgan fingerprint density at radius 3 is 2.17 bits per heavy atom. The molecule has 1 heterocycles. The standard InChI is InChI=1S/C8H7F3O2S.C2N2O4S/c1-2-13-7(12)6-3-5(4-14-6)8(9,10)11;5-1-3-9(7,8)4-2-6/h3-4H,2H2,1H3;. The largest absolute Gasteiger partial charge is 0.462 e. The van der Waals surface area contributed by atoms with E-state index in [1.165, 1.54) is 0 Å². The monoisotopic (exact) mass is 372 g/mol. The van der Waals surface area contributed by atoms with Crippen LogP contribution >= 0.6 is 11.3 Å². The molecule has 0 saturated carbocycles. The highest BCUT2D eigenvalue weighted by Crippen LogP contribution is 2.32. The van der Waals surface area contributed by atoms with Gasteiger partial charge in [0, 0.05) is 5.38 Å². The van der Waals surface area contributed by atoms with Crippen LogP contribution in [0, 0.1) is 0 Å². The smallest absolute Gasteiger partial charge is 0.417 e. The lowest BCUT2D eigenvalue weighted by Gasteiger charge is -2.01. The van der Waals surface area contributed by atoms with E-state index in [1.54, 1.807) is 6.92 Å². The molecule has 0 spiro atoms. The zero-order chi connectivity index (χ0) is 18.1. The Morgan fingerprint density at radius 2 is 1.83 bits per heavy atom. The highest BCUT2D eigenvalue weighted by Gasteiger charge is 2.32. The number of hydrogen-bond acceptors (Lipinski definition) is 7. The number of ether oxygens (including phenoxy) is 1. The first-order valence-electron chi connectivity index (χ1n) is 5.33. The van der Waals surface area contributed by atoms with Crippen LogP contribution in [0.2, 0.25) is 0 Å². The molecule has 0 bridgehead atoms. The fourth-order valence-electron chi connectivity index (χ4n) is 0.909. The lowest BCUT2D eigenvalue weighted by molar-refractivity contribution is -0.137. The van der Waals surface area contributed by atoms with Gasteiger partial charge >= 0.3 is 22.4 Å². The number of thiophene rings is 1. The van der Waals surface area contributed by atoms with Crippen molar-refractivity contribution in [3.63, 3.8) is 0 Å². The minimum Gasteiger partial charge on any atom is -0.462 e. The van der Waals surface area contributed by atoms with Gasteiger partial charge in [0.25, 0.3) is 12.2 Å². The third-order valence-corrected chi connectivity index (χ3v) is 3.23. The first-order valence-corrected chi connectivity index (χ1v) is 7.61. The molecule has 23 heavy (non-hydrogen) atoms. The molecule has 0 amide bonds. The SMILES string of the molecule is CCOC(=O)c1cc(C(F)(F)F)cs1.O=C=NS(=O)(=O)N=C=O. The van der Waals surface area contributed by atoms with E-state index in [9.17, 15) is 36.0 Å². The molecule has 1 rings (SSSR count). The highest BCUT2D eigenvalue weighted by atomic mass is 32.2. The van der Waals surface area contributed by atoms with Crippen molar-refractivity contribution < 1.29 is 40.7 Å². The van der Waals surface area contributed by atoms with Gasteiger partial charge in [-0.2, -0.15) is 21.6 Å². The Balaban J connectivity index is 0.000000468. The lowest BCUT2D eigenvalue weighted by Crippen LogP contribution is -2.04. The second-order valence-corrected chi connectivity index (χ2v) is 5.40. The minimum atomic E-state index is -4.40. The Bertz CT molecular complexity index is 719. The Hall–Kier alpha value is -2.33. The van der Waals surface area contributed by atoms with E-state index < -0.39 is 27.9 Å². The number of hydrogen-bond donors (Lipinski definition) is 0. The van der Waals surface area contributed by atoms with Crippen LogP contribution in [0.1, 0.15) is 22.2 Å². The van der Waals surface area contributed by atoms with Crippen LogP contribution in [-0.4, -0.2) is 33.2 Å². The summed E-state index contributed by atoms with van der Waals surface area (Å²) in [6, 6.07) is 0.794. The molecule has 0 atom stereocenters. The van der Waals surface area contributed by atoms with Crippen LogP contribution in [0.25, 0.3) is 0 Å². The van der Waals surface area contributed by atoms with Crippen molar-refractivity contribution in [2.45, 2.75) is 13.1 Å². The van der Waals surface area contributed by atoms with Gasteiger partial charge in [-0.05, 0) is 13.0 Å². The van der Waals surface area contributed by atoms with Gasteiger partial charge in [-0.25, -0.2) is 14.4 Å². The summed E-state index contributed by atoms with van der Waals surface area (Å²) in [7, 11) is -4.28. The number of halogens is 3. The molecule has 1 aromatic heterocycles. The molecule has 8 nitrogen and oxygen atoms in total. The number of isocyanates is 2. The van der Waals surface area contributed by atoms with Crippen LogP contribution in [-0.2, 0) is 30.7 Å². The van der Waals surface area contributed by atoms with Crippen molar-refractivity contribution >= 4 is 39.7 Å². The van der Waals surface area contributed by atoms with E-state index in [-0.39, 0.29) is 11.5 Å². The second kappa shape index (κ2) is 8.96. The van der Waals surface area contributed by atoms with E-state index in [0.29, 0.717) is 12.2 Å². The third kappa shape index (κ3) is 8.02. The predicted molar refractivity (Wildman–Crippen MR) is 70.4 cm³/mol. The van der Waals surface area contributed by atoms with E-state index in [0.717, 1.165) is 22.8 Å². The number of alkyl halides is 3. The quantitative estimate of drug-likeness (QED) is 0.452. The number of nitrogens with zero attached hydrogens (tertiary/aromatic N) is 2. The molecule has 126 valence electrons. The first-order chi connectivity index (χ1) is 10.6. The predicted octanol–water partition coefficient (Wildman–Crippen LogP) is 1.85. The number of esters is 1. The van der Waals surface area contributed by atoms with Crippen LogP contribution in [0.4, 0.5) is 13.2 Å². The van der Waals surface area contributed by atoms with Crippen LogP contribution < -0.4 is 0 Å². The summed E-state index contributed by atoms with van der Waals surface area (Å²) in [5, 5.41) is 0.895. The highest BCUT2D eigenvalue weighted by molar-refractivity contribution is 7.89. The summed E-state index contributed by atoms with van der Waals surface area (Å²) >= 11 is 0.730. The Morgan fingerprint density at radius 1 is 1.30 bits per heavy atom. The molecule has 0 aromatic carbocycles. The van der Waals surface area contributed by atoms with Crippen LogP contribution in [0.15, 0.2) is 20.2 Å². The van der Waals surface area contributed by atoms with Gasteiger partial charge in [0.2, 0.25) is 0 Å². The maximum Gasteiger partial charge on any atom is 0.417 e. The normalized spacial score (nSPS) is 10.4. The lowest BCUT2D eigenvalue weighted by atomic mass is 10.3. The molecule has 13 heteroatoms. The zero-order valence-electron chi connectivity index (χ0n) is 11.2. The van der Waals surface area contributed by atoms with Crippen molar-refractivity contribution in [3.8, 4) is 0 Å². The van der Waals surface area contributed by atoms with Gasteiger partial charge in [0.1, 0.15) is 4.88 Å². The molecule has 1 aromatic rings. The van der Waals surface area contributed by atoms with Crippen molar-refractivity contribution in [2.75, 3.05) is 6.61 Å². The van der Waals surface area contributed by atoms with E-state index in [4.69, 9.17) is 0 Å². The van der Waals surface area contributed by atoms with Gasteiger partial charge in [0.15, 0.2) is 0 Å². The molecule has 0 fully saturated rings. The van der Waals surface area contributed by atoms with Crippen molar-refractivity contribution in [2.24, 2.45) is 8.80 Å². The number of carbonyl (C=O) groups excluding carboxylic acids is 3. The molecule has 0 aliphatic rings. The molecular weight excluding hydrogens is 365 g/mol. The molecule has 0 N–H and O–H groups in total. The third-order valence-electron chi connectivity index (χ3n) is 1.71. The zero-order valence-corrected chi connectivity index (χ0v) is 12.8. The number of carbonyl (C=O) groups is 1. The van der Waals surface area contributed by atoms with Crippen LogP contribution in [0.5, 0.6) is 0 Å². The Labute approximate surface area is 131 Å². The van der Waals surface area contributed by atoms with Crippen LogP contribution in [0.3, 0.4) is 0 Å².